The Morgan fingerprint density at radius 3 is 1.63 bits per heavy atom. The van der Waals surface area contributed by atoms with Gasteiger partial charge in [0.25, 0.3) is 5.16 Å². The van der Waals surface area contributed by atoms with Crippen molar-refractivity contribution in [2.75, 3.05) is 57.2 Å². The fraction of sp³-hybridized carbons (Fsp3) is 0.488. The van der Waals surface area contributed by atoms with Crippen molar-refractivity contribution in [1.29, 1.82) is 0 Å². The molecule has 0 amide bonds. The number of nitrogens with zero attached hydrogens (tertiary/aromatic N) is 10. The van der Waals surface area contributed by atoms with Crippen molar-refractivity contribution in [2.45, 2.75) is 95.7 Å². The van der Waals surface area contributed by atoms with E-state index in [4.69, 9.17) is 9.84 Å². The molecule has 334 valence electrons. The first-order valence-corrected chi connectivity index (χ1v) is 22.9. The van der Waals surface area contributed by atoms with Gasteiger partial charge < -0.3 is 40.5 Å². The monoisotopic (exact) mass is 872 g/mol. The molecule has 0 aliphatic carbocycles. The molecule has 0 atom stereocenters. The van der Waals surface area contributed by atoms with Crippen LogP contribution in [0.1, 0.15) is 87.5 Å². The second-order valence-corrected chi connectivity index (χ2v) is 18.5. The number of anilines is 2. The number of hydrogen-bond acceptors (Lipinski definition) is 16. The highest BCUT2D eigenvalue weighted by molar-refractivity contribution is 7.90. The first-order chi connectivity index (χ1) is 29.5. The molecule has 0 spiro atoms. The van der Waals surface area contributed by atoms with Gasteiger partial charge in [0.1, 0.15) is 17.6 Å². The van der Waals surface area contributed by atoms with Gasteiger partial charge in [-0.1, -0.05) is 52.0 Å². The van der Waals surface area contributed by atoms with Crippen molar-refractivity contribution in [3.63, 3.8) is 0 Å². The lowest BCUT2D eigenvalue weighted by Crippen LogP contribution is -2.36. The van der Waals surface area contributed by atoms with Gasteiger partial charge in [-0.3, -0.25) is 0 Å². The zero-order valence-corrected chi connectivity index (χ0v) is 37.4. The topological polar surface area (TPSA) is 221 Å². The summed E-state index contributed by atoms with van der Waals surface area (Å²) in [5.41, 5.74) is 4.89. The van der Waals surface area contributed by atoms with E-state index in [0.29, 0.717) is 30.7 Å². The van der Waals surface area contributed by atoms with Crippen LogP contribution < -0.4 is 15.4 Å². The summed E-state index contributed by atoms with van der Waals surface area (Å²) in [5.74, 6) is 1.68. The van der Waals surface area contributed by atoms with E-state index < -0.39 is 9.84 Å². The van der Waals surface area contributed by atoms with Gasteiger partial charge >= 0.3 is 6.01 Å². The number of hydrogen-bond donors (Lipinski definition) is 5. The Balaban J connectivity index is 0.000000177. The Labute approximate surface area is 362 Å². The van der Waals surface area contributed by atoms with E-state index in [0.717, 1.165) is 86.0 Å². The van der Waals surface area contributed by atoms with Crippen LogP contribution in [0.25, 0.3) is 11.3 Å². The third kappa shape index (κ3) is 12.3. The Morgan fingerprint density at radius 2 is 1.18 bits per heavy atom. The van der Waals surface area contributed by atoms with Crippen molar-refractivity contribution in [2.24, 2.45) is 0 Å². The average Bonchev–Trinajstić information content (AvgIpc) is 3.87. The third-order valence-corrected chi connectivity index (χ3v) is 11.5. The number of aromatic hydroxyl groups is 2. The summed E-state index contributed by atoms with van der Waals surface area (Å²) in [5, 5.41) is 43.1. The number of sulfone groups is 1. The fourth-order valence-electron chi connectivity index (χ4n) is 6.95. The number of aliphatic hydroxyl groups excluding tert-OH is 1. The van der Waals surface area contributed by atoms with Gasteiger partial charge in [-0.25, -0.2) is 8.42 Å². The number of nitrogens with one attached hydrogen (secondary N) is 2. The molecule has 18 nitrogen and oxygen atoms in total. The normalized spacial score (nSPS) is 15.6. The van der Waals surface area contributed by atoms with E-state index in [1.165, 1.54) is 4.52 Å². The standard InChI is InChI=1S/C21H28N6O2.C16H19N5O3S.C6H13NO/c1-14(2)18-13-23-27-19(18)24-21(29-17-7-9-26(3)10-8-17)25-20(27)22-12-15-5-4-6-16(28)11-15;1-10(2)13-9-18-21-14(13)19-16(25(3,23)24)20-15(21)17-8-11-5-4-6-12(22)7-11;1-7-4-2-6(8)3-5-7/h4-6,11,13-14,17,28H,7-10,12H2,1-3H3,(H,22,24,25);4-7,9-10,22H,8H2,1-3H3,(H,17,19,20);6,8H,2-5H2,1H3. The van der Waals surface area contributed by atoms with Crippen LogP contribution in [-0.4, -0.2) is 131 Å². The molecule has 2 aliphatic rings. The predicted molar refractivity (Wildman–Crippen MR) is 238 cm³/mol. The molecule has 8 rings (SSSR count). The first-order valence-electron chi connectivity index (χ1n) is 21.0. The second-order valence-electron chi connectivity index (χ2n) is 16.6. The Bertz CT molecular complexity index is 2500. The second kappa shape index (κ2) is 20.5. The van der Waals surface area contributed by atoms with E-state index in [1.807, 2.05) is 38.2 Å². The number of phenols is 2. The number of piperidine rings is 2. The molecule has 2 saturated heterocycles. The minimum atomic E-state index is -3.57. The van der Waals surface area contributed by atoms with Crippen LogP contribution in [-0.2, 0) is 22.9 Å². The molecule has 4 aromatic heterocycles. The summed E-state index contributed by atoms with van der Waals surface area (Å²) >= 11 is 0. The lowest BCUT2D eigenvalue weighted by molar-refractivity contribution is 0.0942. The van der Waals surface area contributed by atoms with Crippen LogP contribution in [0.3, 0.4) is 0 Å². The smallest absolute Gasteiger partial charge is 0.322 e. The quantitative estimate of drug-likeness (QED) is 0.115. The van der Waals surface area contributed by atoms with E-state index in [1.54, 1.807) is 41.0 Å². The van der Waals surface area contributed by atoms with Gasteiger partial charge in [0.05, 0.1) is 18.5 Å². The number of likely N-dealkylation sites (tertiary alicyclic amines) is 2. The maximum atomic E-state index is 11.9. The Kier molecular flexibility index (Phi) is 15.2. The first kappa shape index (κ1) is 45.9. The molecule has 2 aliphatic heterocycles. The van der Waals surface area contributed by atoms with Crippen LogP contribution in [0.4, 0.5) is 11.9 Å². The molecule has 2 fully saturated rings. The van der Waals surface area contributed by atoms with E-state index in [9.17, 15) is 18.6 Å². The highest BCUT2D eigenvalue weighted by atomic mass is 32.2. The predicted octanol–water partition coefficient (Wildman–Crippen LogP) is 5.08. The molecule has 0 radical (unpaired) electrons. The molecular weight excluding hydrogens is 813 g/mol. The highest BCUT2D eigenvalue weighted by Crippen LogP contribution is 2.26. The third-order valence-electron chi connectivity index (χ3n) is 10.7. The molecule has 6 aromatic rings. The summed E-state index contributed by atoms with van der Waals surface area (Å²) < 4.78 is 33.2. The lowest BCUT2D eigenvalue weighted by Gasteiger charge is -2.28. The van der Waals surface area contributed by atoms with Crippen LogP contribution in [0, 0.1) is 0 Å². The van der Waals surface area contributed by atoms with E-state index in [2.05, 4.69) is 78.5 Å². The number of ether oxygens (including phenoxy) is 1. The molecule has 2 aromatic carbocycles. The van der Waals surface area contributed by atoms with Gasteiger partial charge in [0.15, 0.2) is 11.3 Å². The van der Waals surface area contributed by atoms with Crippen molar-refractivity contribution in [1.82, 2.24) is 49.0 Å². The Hall–Kier alpha value is -5.63. The van der Waals surface area contributed by atoms with Gasteiger partial charge in [-0.05, 0) is 87.0 Å². The molecule has 0 saturated carbocycles. The summed E-state index contributed by atoms with van der Waals surface area (Å²) in [6, 6.07) is 14.3. The average molecular weight is 873 g/mol. The van der Waals surface area contributed by atoms with E-state index in [-0.39, 0.29) is 46.6 Å². The summed E-state index contributed by atoms with van der Waals surface area (Å²) in [6.07, 6.45) is 8.52. The highest BCUT2D eigenvalue weighted by Gasteiger charge is 2.23. The summed E-state index contributed by atoms with van der Waals surface area (Å²) in [6.45, 7) is 13.2. The van der Waals surface area contributed by atoms with Crippen molar-refractivity contribution >= 4 is 33.0 Å². The zero-order valence-electron chi connectivity index (χ0n) is 36.6. The molecular formula is C43H60N12O6S. The van der Waals surface area contributed by atoms with Crippen LogP contribution >= 0.6 is 0 Å². The molecule has 0 unspecified atom stereocenters. The largest absolute Gasteiger partial charge is 0.508 e. The van der Waals surface area contributed by atoms with Crippen molar-refractivity contribution in [3.05, 3.63) is 83.2 Å². The Morgan fingerprint density at radius 1 is 0.710 bits per heavy atom. The number of aliphatic hydroxyl groups is 1. The molecule has 0 bridgehead atoms. The van der Waals surface area contributed by atoms with Crippen LogP contribution in [0.2, 0.25) is 0 Å². The number of fused-ring (bicyclic) bond motifs is 2. The van der Waals surface area contributed by atoms with Crippen LogP contribution in [0.5, 0.6) is 17.5 Å². The van der Waals surface area contributed by atoms with Crippen molar-refractivity contribution < 1.29 is 28.5 Å². The van der Waals surface area contributed by atoms with Gasteiger partial charge in [-0.15, -0.1) is 0 Å². The minimum absolute atomic E-state index is 0.0220. The van der Waals surface area contributed by atoms with E-state index >= 15 is 0 Å². The minimum Gasteiger partial charge on any atom is -0.508 e. The lowest BCUT2D eigenvalue weighted by atomic mass is 10.1. The van der Waals surface area contributed by atoms with Gasteiger partial charge in [0.2, 0.25) is 21.7 Å². The number of rotatable bonds is 11. The maximum absolute atomic E-state index is 11.9. The SMILES string of the molecule is CC(C)c1cnn2c(NCc3cccc(O)c3)nc(OC3CCN(C)CC3)nc12.CC(C)c1cnn2c(NCc3cccc(O)c3)nc(S(C)(=O)=O)nc12.CN1CCC(O)CC1. The van der Waals surface area contributed by atoms with Crippen LogP contribution in [0.15, 0.2) is 66.1 Å². The summed E-state index contributed by atoms with van der Waals surface area (Å²) in [4.78, 5) is 22.1. The fourth-order valence-corrected chi connectivity index (χ4v) is 7.46. The van der Waals surface area contributed by atoms with Gasteiger partial charge in [-0.2, -0.15) is 39.2 Å². The molecule has 5 N–H and O–H groups in total. The summed E-state index contributed by atoms with van der Waals surface area (Å²) in [7, 11) is 0.647. The molecule has 62 heavy (non-hydrogen) atoms. The maximum Gasteiger partial charge on any atom is 0.322 e. The number of aromatic nitrogens is 8. The number of benzene rings is 2. The molecule has 6 heterocycles. The number of phenolic OH excluding ortho intramolecular Hbond substituents is 2. The zero-order chi connectivity index (χ0) is 44.6. The van der Waals surface area contributed by atoms with Crippen molar-refractivity contribution in [3.8, 4) is 17.5 Å². The molecule has 19 heteroatoms. The van der Waals surface area contributed by atoms with Gasteiger partial charge in [0, 0.05) is 56.7 Å².